The van der Waals surface area contributed by atoms with Crippen LogP contribution in [-0.4, -0.2) is 18.9 Å². The molecule has 0 bridgehead atoms. The molecule has 11 heavy (non-hydrogen) atoms. The predicted octanol–water partition coefficient (Wildman–Crippen LogP) is 0.919. The van der Waals surface area contributed by atoms with Crippen LogP contribution < -0.4 is 0 Å². The summed E-state index contributed by atoms with van der Waals surface area (Å²) >= 11 is 0. The topological polar surface area (TPSA) is 43.4 Å². The largest absolute Gasteiger partial charge is 0.466 e. The van der Waals surface area contributed by atoms with Gasteiger partial charge in [-0.2, -0.15) is 0 Å². The molecule has 1 rings (SSSR count). The van der Waals surface area contributed by atoms with Crippen molar-refractivity contribution < 1.29 is 14.3 Å². The lowest BCUT2D eigenvalue weighted by Crippen LogP contribution is -2.19. The quantitative estimate of drug-likeness (QED) is 0.449. The summed E-state index contributed by atoms with van der Waals surface area (Å²) in [6, 6.07) is 0. The van der Waals surface area contributed by atoms with Gasteiger partial charge in [0, 0.05) is 6.42 Å². The van der Waals surface area contributed by atoms with E-state index < -0.39 is 5.41 Å². The highest BCUT2D eigenvalue weighted by Gasteiger charge is 2.50. The fraction of sp³-hybridized carbons (Fsp3) is 0.750. The summed E-state index contributed by atoms with van der Waals surface area (Å²) in [5.74, 6) is -0.202. The minimum atomic E-state index is -0.419. The summed E-state index contributed by atoms with van der Waals surface area (Å²) < 4.78 is 4.82. The van der Waals surface area contributed by atoms with E-state index >= 15 is 0 Å². The van der Waals surface area contributed by atoms with Crippen LogP contribution in [0.4, 0.5) is 0 Å². The van der Waals surface area contributed by atoms with Gasteiger partial charge < -0.3 is 9.53 Å². The zero-order valence-corrected chi connectivity index (χ0v) is 6.63. The van der Waals surface area contributed by atoms with Gasteiger partial charge in [0.15, 0.2) is 0 Å². The van der Waals surface area contributed by atoms with Gasteiger partial charge in [0.1, 0.15) is 6.29 Å². The first-order chi connectivity index (χ1) is 5.25. The molecule has 1 fully saturated rings. The molecule has 0 radical (unpaired) electrons. The van der Waals surface area contributed by atoms with E-state index in [0.29, 0.717) is 13.0 Å². The molecule has 0 saturated heterocycles. The van der Waals surface area contributed by atoms with Gasteiger partial charge in [-0.25, -0.2) is 0 Å². The Bertz CT molecular complexity index is 170. The van der Waals surface area contributed by atoms with Crippen LogP contribution in [0.3, 0.4) is 0 Å². The molecule has 0 atom stereocenters. The number of aldehydes is 1. The molecule has 1 aliphatic carbocycles. The van der Waals surface area contributed by atoms with Crippen molar-refractivity contribution in [3.8, 4) is 0 Å². The average Bonchev–Trinajstić information content (AvgIpc) is 2.71. The Kier molecular flexibility index (Phi) is 2.27. The lowest BCUT2D eigenvalue weighted by atomic mass is 10.0. The summed E-state index contributed by atoms with van der Waals surface area (Å²) in [6.45, 7) is 2.17. The van der Waals surface area contributed by atoms with Crippen LogP contribution in [0, 0.1) is 5.41 Å². The molecule has 0 N–H and O–H groups in total. The van der Waals surface area contributed by atoms with Crippen molar-refractivity contribution in [2.75, 3.05) is 6.61 Å². The third-order valence-corrected chi connectivity index (χ3v) is 2.04. The van der Waals surface area contributed by atoms with E-state index in [1.807, 2.05) is 0 Å². The van der Waals surface area contributed by atoms with Crippen molar-refractivity contribution in [1.82, 2.24) is 0 Å². The zero-order chi connectivity index (χ0) is 8.32. The lowest BCUT2D eigenvalue weighted by molar-refractivity contribution is -0.150. The van der Waals surface area contributed by atoms with Crippen molar-refractivity contribution in [2.24, 2.45) is 5.41 Å². The molecule has 0 aromatic carbocycles. The second kappa shape index (κ2) is 3.03. The number of hydrogen-bond donors (Lipinski definition) is 0. The van der Waals surface area contributed by atoms with Crippen LogP contribution in [0.5, 0.6) is 0 Å². The van der Waals surface area contributed by atoms with Gasteiger partial charge >= 0.3 is 5.97 Å². The first-order valence-corrected chi connectivity index (χ1v) is 3.86. The molecule has 1 saturated carbocycles. The first-order valence-electron chi connectivity index (χ1n) is 3.86. The fourth-order valence-corrected chi connectivity index (χ4v) is 1.09. The van der Waals surface area contributed by atoms with Crippen LogP contribution in [-0.2, 0) is 14.3 Å². The first kappa shape index (κ1) is 8.24. The summed E-state index contributed by atoms with van der Waals surface area (Å²) in [5, 5.41) is 0. The minimum Gasteiger partial charge on any atom is -0.466 e. The molecule has 0 amide bonds. The normalized spacial score (nSPS) is 19.0. The average molecular weight is 156 g/mol. The molecule has 1 aliphatic rings. The maximum Gasteiger partial charge on any atom is 0.312 e. The van der Waals surface area contributed by atoms with Crippen LogP contribution in [0.25, 0.3) is 0 Å². The highest BCUT2D eigenvalue weighted by Crippen LogP contribution is 2.49. The number of carbonyl (C=O) groups excluding carboxylic acids is 2. The highest BCUT2D eigenvalue weighted by atomic mass is 16.5. The molecule has 3 heteroatoms. The van der Waals surface area contributed by atoms with Crippen molar-refractivity contribution in [2.45, 2.75) is 26.2 Å². The number of hydrogen-bond acceptors (Lipinski definition) is 3. The number of carbonyl (C=O) groups is 2. The van der Waals surface area contributed by atoms with E-state index in [2.05, 4.69) is 0 Å². The smallest absolute Gasteiger partial charge is 0.312 e. The van der Waals surface area contributed by atoms with Gasteiger partial charge in [0.2, 0.25) is 0 Å². The maximum atomic E-state index is 11.1. The SMILES string of the molecule is CCOC(=O)C1(CC=O)CC1. The lowest BCUT2D eigenvalue weighted by Gasteiger charge is -2.08. The summed E-state index contributed by atoms with van der Waals surface area (Å²) in [6.07, 6.45) is 2.74. The standard InChI is InChI=1S/C8H12O3/c1-2-11-7(10)8(3-4-8)5-6-9/h6H,2-5H2,1H3. The molecule has 0 aliphatic heterocycles. The van der Waals surface area contributed by atoms with Gasteiger partial charge in [-0.1, -0.05) is 0 Å². The molecule has 0 unspecified atom stereocenters. The van der Waals surface area contributed by atoms with Crippen LogP contribution in [0.2, 0.25) is 0 Å². The van der Waals surface area contributed by atoms with Gasteiger partial charge in [-0.3, -0.25) is 4.79 Å². The molecule has 0 heterocycles. The van der Waals surface area contributed by atoms with Crippen LogP contribution in [0.15, 0.2) is 0 Å². The van der Waals surface area contributed by atoms with Crippen LogP contribution in [0.1, 0.15) is 26.2 Å². The molecule has 0 aromatic rings. The minimum absolute atomic E-state index is 0.202. The Balaban J connectivity index is 2.44. The highest BCUT2D eigenvalue weighted by molar-refractivity contribution is 5.82. The van der Waals surface area contributed by atoms with Gasteiger partial charge in [0.05, 0.1) is 12.0 Å². The number of esters is 1. The summed E-state index contributed by atoms with van der Waals surface area (Å²) in [7, 11) is 0. The van der Waals surface area contributed by atoms with Crippen molar-refractivity contribution >= 4 is 12.3 Å². The Morgan fingerprint density at radius 3 is 2.64 bits per heavy atom. The molecule has 62 valence electrons. The fourth-order valence-electron chi connectivity index (χ4n) is 1.09. The van der Waals surface area contributed by atoms with E-state index in [1.54, 1.807) is 6.92 Å². The van der Waals surface area contributed by atoms with Crippen molar-refractivity contribution in [3.63, 3.8) is 0 Å². The van der Waals surface area contributed by atoms with Gasteiger partial charge in [0.25, 0.3) is 0 Å². The Morgan fingerprint density at radius 2 is 2.27 bits per heavy atom. The molecule has 0 spiro atoms. The molecular weight excluding hydrogens is 144 g/mol. The van der Waals surface area contributed by atoms with E-state index in [-0.39, 0.29) is 5.97 Å². The van der Waals surface area contributed by atoms with E-state index in [0.717, 1.165) is 19.1 Å². The van der Waals surface area contributed by atoms with Crippen LogP contribution >= 0.6 is 0 Å². The van der Waals surface area contributed by atoms with E-state index in [4.69, 9.17) is 4.74 Å². The Hall–Kier alpha value is -0.860. The second-order valence-electron chi connectivity index (χ2n) is 2.87. The summed E-state index contributed by atoms with van der Waals surface area (Å²) in [5.41, 5.74) is -0.419. The van der Waals surface area contributed by atoms with Crippen molar-refractivity contribution in [3.05, 3.63) is 0 Å². The monoisotopic (exact) mass is 156 g/mol. The van der Waals surface area contributed by atoms with Gasteiger partial charge in [-0.15, -0.1) is 0 Å². The molecule has 3 nitrogen and oxygen atoms in total. The van der Waals surface area contributed by atoms with Crippen molar-refractivity contribution in [1.29, 1.82) is 0 Å². The summed E-state index contributed by atoms with van der Waals surface area (Å²) in [4.78, 5) is 21.3. The Morgan fingerprint density at radius 1 is 1.64 bits per heavy atom. The third-order valence-electron chi connectivity index (χ3n) is 2.04. The zero-order valence-electron chi connectivity index (χ0n) is 6.63. The van der Waals surface area contributed by atoms with Gasteiger partial charge in [-0.05, 0) is 19.8 Å². The number of rotatable bonds is 4. The second-order valence-corrected chi connectivity index (χ2v) is 2.87. The van der Waals surface area contributed by atoms with E-state index in [9.17, 15) is 9.59 Å². The van der Waals surface area contributed by atoms with E-state index in [1.165, 1.54) is 0 Å². The Labute approximate surface area is 65.7 Å². The number of ether oxygens (including phenoxy) is 1. The molecule has 0 aromatic heterocycles. The molecular formula is C8H12O3. The third kappa shape index (κ3) is 1.59. The predicted molar refractivity (Wildman–Crippen MR) is 39.0 cm³/mol. The maximum absolute atomic E-state index is 11.1.